The van der Waals surface area contributed by atoms with E-state index in [4.69, 9.17) is 14.3 Å². The van der Waals surface area contributed by atoms with Gasteiger partial charge in [-0.3, -0.25) is 0 Å². The molecule has 5 nitrogen and oxygen atoms in total. The van der Waals surface area contributed by atoms with Gasteiger partial charge in [0.05, 0.1) is 12.2 Å². The summed E-state index contributed by atoms with van der Waals surface area (Å²) in [5.41, 5.74) is 1.21. The molecule has 0 saturated heterocycles. The van der Waals surface area contributed by atoms with Crippen molar-refractivity contribution < 1.29 is 19.1 Å². The summed E-state index contributed by atoms with van der Waals surface area (Å²) in [6, 6.07) is 4.56. The lowest BCUT2D eigenvalue weighted by Crippen LogP contribution is -1.99. The Bertz CT molecular complexity index is 574. The lowest BCUT2D eigenvalue weighted by molar-refractivity contribution is 0.0697. The maximum Gasteiger partial charge on any atom is 0.394 e. The van der Waals surface area contributed by atoms with Crippen LogP contribution in [0.1, 0.15) is 37.0 Å². The first-order valence-corrected chi connectivity index (χ1v) is 6.33. The van der Waals surface area contributed by atoms with Crippen LogP contribution in [0.15, 0.2) is 22.6 Å². The molecule has 5 heteroatoms. The van der Waals surface area contributed by atoms with Gasteiger partial charge in [0.25, 0.3) is 0 Å². The van der Waals surface area contributed by atoms with Crippen LogP contribution in [0.2, 0.25) is 0 Å². The summed E-state index contributed by atoms with van der Waals surface area (Å²) >= 11 is 0. The van der Waals surface area contributed by atoms with Crippen LogP contribution in [-0.4, -0.2) is 22.7 Å². The fraction of sp³-hybridized carbons (Fsp3) is 0.429. The van der Waals surface area contributed by atoms with Gasteiger partial charge in [0.2, 0.25) is 0 Å². The predicted octanol–water partition coefficient (Wildman–Crippen LogP) is 3.34. The van der Waals surface area contributed by atoms with Gasteiger partial charge in [-0.2, -0.15) is 4.98 Å². The highest BCUT2D eigenvalue weighted by molar-refractivity contribution is 5.91. The van der Waals surface area contributed by atoms with Crippen molar-refractivity contribution in [3.8, 4) is 6.08 Å². The number of aromatic carboxylic acids is 1. The van der Waals surface area contributed by atoms with E-state index in [1.807, 2.05) is 0 Å². The lowest BCUT2D eigenvalue weighted by atomic mass is 10.1. The normalized spacial score (nSPS) is 11.1. The van der Waals surface area contributed by atoms with Crippen molar-refractivity contribution in [1.29, 1.82) is 0 Å². The van der Waals surface area contributed by atoms with Crippen LogP contribution >= 0.6 is 0 Å². The number of fused-ring (bicyclic) bond motifs is 1. The summed E-state index contributed by atoms with van der Waals surface area (Å²) in [7, 11) is 0. The predicted molar refractivity (Wildman–Crippen MR) is 70.5 cm³/mol. The number of carboxylic acids is 1. The largest absolute Gasteiger partial charge is 0.478 e. The second-order valence-corrected chi connectivity index (χ2v) is 4.85. The maximum absolute atomic E-state index is 10.8. The molecule has 1 aromatic heterocycles. The number of rotatable bonds is 6. The molecule has 1 heterocycles. The van der Waals surface area contributed by atoms with E-state index in [1.54, 1.807) is 6.07 Å². The summed E-state index contributed by atoms with van der Waals surface area (Å²) in [5, 5.41) is 8.88. The fourth-order valence-corrected chi connectivity index (χ4v) is 1.75. The molecule has 0 radical (unpaired) electrons. The van der Waals surface area contributed by atoms with Crippen LogP contribution in [0.4, 0.5) is 0 Å². The fourth-order valence-electron chi connectivity index (χ4n) is 1.75. The number of ether oxygens (including phenoxy) is 1. The Labute approximate surface area is 111 Å². The van der Waals surface area contributed by atoms with Crippen molar-refractivity contribution >= 4 is 17.1 Å². The number of aromatic nitrogens is 1. The molecule has 19 heavy (non-hydrogen) atoms. The van der Waals surface area contributed by atoms with Crippen molar-refractivity contribution in [3.63, 3.8) is 0 Å². The van der Waals surface area contributed by atoms with Crippen LogP contribution in [0.5, 0.6) is 6.08 Å². The molecular weight excluding hydrogens is 246 g/mol. The number of carboxylic acid groups (broad SMARTS) is 1. The minimum Gasteiger partial charge on any atom is -0.478 e. The SMILES string of the molecule is CC(C)CCCOc1nc2ccc(C(=O)O)cc2o1. The van der Waals surface area contributed by atoms with E-state index in [0.29, 0.717) is 23.6 Å². The van der Waals surface area contributed by atoms with Gasteiger partial charge in [-0.25, -0.2) is 4.79 Å². The average Bonchev–Trinajstić information content (AvgIpc) is 2.75. The van der Waals surface area contributed by atoms with Crippen LogP contribution in [-0.2, 0) is 0 Å². The highest BCUT2D eigenvalue weighted by Gasteiger charge is 2.10. The number of hydrogen-bond acceptors (Lipinski definition) is 4. The molecule has 0 aliphatic rings. The molecule has 0 saturated carbocycles. The topological polar surface area (TPSA) is 72.6 Å². The zero-order valence-corrected chi connectivity index (χ0v) is 11.0. The van der Waals surface area contributed by atoms with Crippen LogP contribution in [0, 0.1) is 5.92 Å². The smallest absolute Gasteiger partial charge is 0.394 e. The minimum atomic E-state index is -0.988. The van der Waals surface area contributed by atoms with E-state index in [9.17, 15) is 4.79 Å². The van der Waals surface area contributed by atoms with Gasteiger partial charge >= 0.3 is 12.0 Å². The van der Waals surface area contributed by atoms with Crippen LogP contribution in [0.25, 0.3) is 11.1 Å². The third kappa shape index (κ3) is 3.47. The second-order valence-electron chi connectivity index (χ2n) is 4.85. The monoisotopic (exact) mass is 263 g/mol. The summed E-state index contributed by atoms with van der Waals surface area (Å²) in [4.78, 5) is 15.0. The molecule has 1 N–H and O–H groups in total. The number of hydrogen-bond donors (Lipinski definition) is 1. The second kappa shape index (κ2) is 5.73. The highest BCUT2D eigenvalue weighted by Crippen LogP contribution is 2.22. The molecule has 0 fully saturated rings. The minimum absolute atomic E-state index is 0.176. The Hall–Kier alpha value is -2.04. The van der Waals surface area contributed by atoms with Gasteiger partial charge < -0.3 is 14.3 Å². The van der Waals surface area contributed by atoms with E-state index in [1.165, 1.54) is 12.1 Å². The third-order valence-electron chi connectivity index (χ3n) is 2.77. The number of oxazole rings is 1. The number of carbonyl (C=O) groups is 1. The van der Waals surface area contributed by atoms with E-state index in [-0.39, 0.29) is 11.6 Å². The van der Waals surface area contributed by atoms with E-state index in [2.05, 4.69) is 18.8 Å². The van der Waals surface area contributed by atoms with Crippen molar-refractivity contribution in [2.75, 3.05) is 6.61 Å². The maximum atomic E-state index is 10.8. The quantitative estimate of drug-likeness (QED) is 0.809. The van der Waals surface area contributed by atoms with Crippen molar-refractivity contribution in [3.05, 3.63) is 23.8 Å². The summed E-state index contributed by atoms with van der Waals surface area (Å²) < 4.78 is 10.8. The summed E-state index contributed by atoms with van der Waals surface area (Å²) in [6.45, 7) is 4.87. The van der Waals surface area contributed by atoms with Gasteiger partial charge in [0.15, 0.2) is 5.58 Å². The Morgan fingerprint density at radius 1 is 1.47 bits per heavy atom. The third-order valence-corrected chi connectivity index (χ3v) is 2.77. The first kappa shape index (κ1) is 13.4. The first-order valence-electron chi connectivity index (χ1n) is 6.33. The Morgan fingerprint density at radius 3 is 2.95 bits per heavy atom. The lowest BCUT2D eigenvalue weighted by Gasteiger charge is -2.03. The van der Waals surface area contributed by atoms with Gasteiger partial charge in [0, 0.05) is 0 Å². The molecule has 0 aliphatic carbocycles. The van der Waals surface area contributed by atoms with E-state index in [0.717, 1.165) is 12.8 Å². The Kier molecular flexibility index (Phi) is 4.04. The molecule has 0 atom stereocenters. The van der Waals surface area contributed by atoms with E-state index >= 15 is 0 Å². The molecule has 2 rings (SSSR count). The molecule has 0 unspecified atom stereocenters. The molecule has 0 amide bonds. The molecule has 0 spiro atoms. The first-order chi connectivity index (χ1) is 9.06. The average molecular weight is 263 g/mol. The van der Waals surface area contributed by atoms with Crippen molar-refractivity contribution in [2.45, 2.75) is 26.7 Å². The Morgan fingerprint density at radius 2 is 2.26 bits per heavy atom. The van der Waals surface area contributed by atoms with Gasteiger partial charge in [-0.15, -0.1) is 0 Å². The van der Waals surface area contributed by atoms with Crippen LogP contribution < -0.4 is 4.74 Å². The number of benzene rings is 1. The Balaban J connectivity index is 2.03. The van der Waals surface area contributed by atoms with Crippen molar-refractivity contribution in [1.82, 2.24) is 4.98 Å². The molecule has 1 aromatic carbocycles. The summed E-state index contributed by atoms with van der Waals surface area (Å²) in [6.07, 6.45) is 2.22. The number of nitrogens with zero attached hydrogens (tertiary/aromatic N) is 1. The molecule has 2 aromatic rings. The van der Waals surface area contributed by atoms with Crippen LogP contribution in [0.3, 0.4) is 0 Å². The summed E-state index contributed by atoms with van der Waals surface area (Å²) in [5.74, 6) is -0.344. The highest BCUT2D eigenvalue weighted by atomic mass is 16.6. The molecule has 102 valence electrons. The standard InChI is InChI=1S/C14H17NO4/c1-9(2)4-3-7-18-14-15-11-6-5-10(13(16)17)8-12(11)19-14/h5-6,8-9H,3-4,7H2,1-2H3,(H,16,17). The van der Waals surface area contributed by atoms with Gasteiger partial charge in [-0.05, 0) is 37.0 Å². The van der Waals surface area contributed by atoms with Crippen molar-refractivity contribution in [2.24, 2.45) is 5.92 Å². The zero-order valence-electron chi connectivity index (χ0n) is 11.0. The molecule has 0 aliphatic heterocycles. The van der Waals surface area contributed by atoms with E-state index < -0.39 is 5.97 Å². The van der Waals surface area contributed by atoms with Gasteiger partial charge in [-0.1, -0.05) is 13.8 Å². The molecular formula is C14H17NO4. The van der Waals surface area contributed by atoms with Gasteiger partial charge in [0.1, 0.15) is 5.52 Å². The molecule has 0 bridgehead atoms. The zero-order chi connectivity index (χ0) is 13.8.